The molecule has 1 atom stereocenters. The number of hydrogen-bond acceptors (Lipinski definition) is 3. The van der Waals surface area contributed by atoms with Crippen LogP contribution in [0.2, 0.25) is 10.0 Å². The molecule has 6 rings (SSSR count). The van der Waals surface area contributed by atoms with E-state index < -0.39 is 0 Å². The highest BCUT2D eigenvalue weighted by Gasteiger charge is 2.51. The summed E-state index contributed by atoms with van der Waals surface area (Å²) in [4.78, 5) is 20.7. The van der Waals surface area contributed by atoms with Crippen LogP contribution in [0, 0.1) is 17.8 Å². The lowest BCUT2D eigenvalue weighted by atomic mass is 9.53. The van der Waals surface area contributed by atoms with Gasteiger partial charge in [-0.15, -0.1) is 12.4 Å². The molecule has 1 unspecified atom stereocenters. The van der Waals surface area contributed by atoms with Gasteiger partial charge in [-0.25, -0.2) is 0 Å². The molecule has 1 heterocycles. The third-order valence-corrected chi connectivity index (χ3v) is 9.03. The molecular weight excluding hydrogens is 485 g/mol. The number of aliphatic imine (C=N–C) groups is 1. The van der Waals surface area contributed by atoms with Gasteiger partial charge < -0.3 is 10.2 Å². The van der Waals surface area contributed by atoms with Crippen molar-refractivity contribution in [1.29, 1.82) is 0 Å². The van der Waals surface area contributed by atoms with E-state index in [9.17, 15) is 4.79 Å². The largest absolute Gasteiger partial charge is 0.347 e. The number of carbonyl (C=O) groups is 1. The topological polar surface area (TPSA) is 44.7 Å². The van der Waals surface area contributed by atoms with Gasteiger partial charge in [0, 0.05) is 40.5 Å². The van der Waals surface area contributed by atoms with Crippen LogP contribution < -0.4 is 5.32 Å². The van der Waals surface area contributed by atoms with Crippen molar-refractivity contribution in [3.05, 3.63) is 28.2 Å². The maximum absolute atomic E-state index is 12.8. The molecule has 0 spiro atoms. The highest BCUT2D eigenvalue weighted by Crippen LogP contribution is 2.57. The summed E-state index contributed by atoms with van der Waals surface area (Å²) >= 11 is 14.0. The lowest BCUT2D eigenvalue weighted by molar-refractivity contribution is -0.116. The van der Waals surface area contributed by atoms with E-state index in [1.54, 1.807) is 18.2 Å². The second-order valence-corrected chi connectivity index (χ2v) is 12.0. The van der Waals surface area contributed by atoms with Crippen LogP contribution in [0.1, 0.15) is 58.3 Å². The summed E-state index contributed by atoms with van der Waals surface area (Å²) in [5, 5.41) is 5.21. The Kier molecular flexibility index (Phi) is 7.61. The van der Waals surface area contributed by atoms with E-state index in [4.69, 9.17) is 28.2 Å². The third-order valence-electron chi connectivity index (χ3n) is 7.46. The predicted molar refractivity (Wildman–Crippen MR) is 139 cm³/mol. The SMILES string of the molecule is CCCN1C(=NC23CC4CC(CC(C4)C2)C3)SCC1CC(=O)Nc1cc(Cl)cc(Cl)c1.Cl. The first-order valence-electron chi connectivity index (χ1n) is 11.7. The summed E-state index contributed by atoms with van der Waals surface area (Å²) in [7, 11) is 0. The molecule has 32 heavy (non-hydrogen) atoms. The van der Waals surface area contributed by atoms with Crippen LogP contribution in [0.5, 0.6) is 0 Å². The van der Waals surface area contributed by atoms with E-state index in [0.29, 0.717) is 22.2 Å². The van der Waals surface area contributed by atoms with Crippen molar-refractivity contribution in [2.75, 3.05) is 17.6 Å². The first-order chi connectivity index (χ1) is 14.9. The molecule has 1 aromatic carbocycles. The first kappa shape index (κ1) is 24.5. The van der Waals surface area contributed by atoms with Gasteiger partial charge in [0.05, 0.1) is 5.54 Å². The average molecular weight is 517 g/mol. The van der Waals surface area contributed by atoms with Crippen LogP contribution in [-0.4, -0.2) is 39.9 Å². The molecule has 1 aromatic rings. The Bertz CT molecular complexity index is 838. The number of anilines is 1. The van der Waals surface area contributed by atoms with Gasteiger partial charge >= 0.3 is 0 Å². The van der Waals surface area contributed by atoms with Gasteiger partial charge in [-0.1, -0.05) is 41.9 Å². The Morgan fingerprint density at radius 1 is 1.12 bits per heavy atom. The summed E-state index contributed by atoms with van der Waals surface area (Å²) in [5.74, 6) is 3.61. The van der Waals surface area contributed by atoms with Crippen LogP contribution in [-0.2, 0) is 4.79 Å². The summed E-state index contributed by atoms with van der Waals surface area (Å²) in [6.45, 7) is 3.16. The van der Waals surface area contributed by atoms with Gasteiger partial charge in [0.15, 0.2) is 5.17 Å². The predicted octanol–water partition coefficient (Wildman–Crippen LogP) is 6.90. The van der Waals surface area contributed by atoms with Crippen molar-refractivity contribution in [2.45, 2.75) is 69.9 Å². The highest BCUT2D eigenvalue weighted by atomic mass is 35.5. The molecule has 5 aliphatic rings. The molecular formula is C24H32Cl3N3OS. The smallest absolute Gasteiger partial charge is 0.226 e. The monoisotopic (exact) mass is 515 g/mol. The number of thioether (sulfide) groups is 1. The molecule has 1 saturated heterocycles. The van der Waals surface area contributed by atoms with Crippen molar-refractivity contribution in [3.8, 4) is 0 Å². The fraction of sp³-hybridized carbons (Fsp3) is 0.667. The lowest BCUT2D eigenvalue weighted by Gasteiger charge is -2.55. The quantitative estimate of drug-likeness (QED) is 0.447. The summed E-state index contributed by atoms with van der Waals surface area (Å²) in [6.07, 6.45) is 9.67. The molecule has 1 amide bonds. The van der Waals surface area contributed by atoms with Crippen LogP contribution >= 0.6 is 47.4 Å². The standard InChI is InChI=1S/C24H31Cl2N3OS.ClH/c1-2-3-29-21(10-22(30)27-20-8-18(25)7-19(26)9-20)14-31-23(29)28-24-11-15-4-16(12-24)6-17(5-15)13-24;/h7-9,15-17,21H,2-6,10-14H2,1H3,(H,27,30);1H. The fourth-order valence-electron chi connectivity index (χ4n) is 6.74. The van der Waals surface area contributed by atoms with Crippen LogP contribution in [0.15, 0.2) is 23.2 Å². The van der Waals surface area contributed by atoms with E-state index >= 15 is 0 Å². The van der Waals surface area contributed by atoms with Crippen LogP contribution in [0.3, 0.4) is 0 Å². The maximum Gasteiger partial charge on any atom is 0.226 e. The minimum absolute atomic E-state index is 0. The lowest BCUT2D eigenvalue weighted by Crippen LogP contribution is -2.50. The van der Waals surface area contributed by atoms with E-state index in [-0.39, 0.29) is 29.9 Å². The maximum atomic E-state index is 12.8. The van der Waals surface area contributed by atoms with Gasteiger partial charge in [0.1, 0.15) is 0 Å². The molecule has 1 N–H and O–H groups in total. The van der Waals surface area contributed by atoms with Gasteiger partial charge in [-0.2, -0.15) is 0 Å². The zero-order valence-electron chi connectivity index (χ0n) is 18.5. The van der Waals surface area contributed by atoms with E-state index in [1.807, 2.05) is 11.8 Å². The van der Waals surface area contributed by atoms with Gasteiger partial charge in [-0.3, -0.25) is 9.79 Å². The van der Waals surface area contributed by atoms with Crippen molar-refractivity contribution in [3.63, 3.8) is 0 Å². The number of halogens is 3. The number of carbonyl (C=O) groups excluding carboxylic acids is 1. The minimum Gasteiger partial charge on any atom is -0.347 e. The van der Waals surface area contributed by atoms with Crippen molar-refractivity contribution in [1.82, 2.24) is 4.90 Å². The highest BCUT2D eigenvalue weighted by molar-refractivity contribution is 8.14. The number of benzene rings is 1. The molecule has 4 nitrogen and oxygen atoms in total. The van der Waals surface area contributed by atoms with E-state index in [0.717, 1.165) is 36.5 Å². The number of nitrogens with zero attached hydrogens (tertiary/aromatic N) is 2. The molecule has 0 radical (unpaired) electrons. The van der Waals surface area contributed by atoms with Crippen molar-refractivity contribution < 1.29 is 4.79 Å². The molecule has 1 aliphatic heterocycles. The average Bonchev–Trinajstić information content (AvgIpc) is 3.00. The molecule has 176 valence electrons. The molecule has 4 aliphatic carbocycles. The number of nitrogens with one attached hydrogen (secondary N) is 1. The molecule has 5 fully saturated rings. The van der Waals surface area contributed by atoms with E-state index in [2.05, 4.69) is 17.1 Å². The van der Waals surface area contributed by atoms with Crippen molar-refractivity contribution >= 4 is 64.1 Å². The normalized spacial score (nSPS) is 34.1. The van der Waals surface area contributed by atoms with Gasteiger partial charge in [-0.05, 0) is 80.9 Å². The van der Waals surface area contributed by atoms with Gasteiger partial charge in [0.25, 0.3) is 0 Å². The molecule has 4 bridgehead atoms. The summed E-state index contributed by atoms with van der Waals surface area (Å²) in [5.41, 5.74) is 0.829. The fourth-order valence-corrected chi connectivity index (χ4v) is 8.57. The van der Waals surface area contributed by atoms with Crippen LogP contribution in [0.25, 0.3) is 0 Å². The molecule has 4 saturated carbocycles. The zero-order chi connectivity index (χ0) is 21.6. The van der Waals surface area contributed by atoms with Crippen molar-refractivity contribution in [2.24, 2.45) is 22.7 Å². The van der Waals surface area contributed by atoms with E-state index in [1.165, 1.54) is 43.7 Å². The number of amides is 1. The summed E-state index contributed by atoms with van der Waals surface area (Å²) < 4.78 is 0. The summed E-state index contributed by atoms with van der Waals surface area (Å²) in [6, 6.07) is 5.33. The number of hydrogen-bond donors (Lipinski definition) is 1. The van der Waals surface area contributed by atoms with Gasteiger partial charge in [0.2, 0.25) is 5.91 Å². The zero-order valence-corrected chi connectivity index (χ0v) is 21.6. The Morgan fingerprint density at radius 2 is 1.72 bits per heavy atom. The second-order valence-electron chi connectivity index (χ2n) is 10.1. The Hall–Kier alpha value is -0.620. The molecule has 8 heteroatoms. The first-order valence-corrected chi connectivity index (χ1v) is 13.4. The third kappa shape index (κ3) is 5.21. The number of amidine groups is 1. The minimum atomic E-state index is 0. The Morgan fingerprint density at radius 3 is 2.28 bits per heavy atom. The van der Waals surface area contributed by atoms with Crippen LogP contribution in [0.4, 0.5) is 5.69 Å². The Balaban J connectivity index is 0.00000245. The second kappa shape index (κ2) is 9.93. The number of rotatable bonds is 6. The Labute approximate surface area is 211 Å². The molecule has 0 aromatic heterocycles.